The minimum Gasteiger partial charge on any atom is -0.334 e. The number of hydrogen-bond acceptors (Lipinski definition) is 4. The number of anilines is 1. The molecule has 3 aromatic carbocycles. The van der Waals surface area contributed by atoms with Crippen LogP contribution in [0.1, 0.15) is 30.0 Å². The highest BCUT2D eigenvalue weighted by Gasteiger charge is 2.36. The van der Waals surface area contributed by atoms with Gasteiger partial charge >= 0.3 is 6.03 Å². The first-order chi connectivity index (χ1) is 16.4. The zero-order chi connectivity index (χ0) is 23.8. The van der Waals surface area contributed by atoms with E-state index in [9.17, 15) is 9.18 Å². The molecule has 0 bridgehead atoms. The molecule has 0 aliphatic carbocycles. The van der Waals surface area contributed by atoms with Gasteiger partial charge in [0.15, 0.2) is 0 Å². The molecule has 6 nitrogen and oxygen atoms in total. The highest BCUT2D eigenvalue weighted by Crippen LogP contribution is 2.39. The summed E-state index contributed by atoms with van der Waals surface area (Å²) in [5.74, 6) is 0.342. The lowest BCUT2D eigenvalue weighted by Crippen LogP contribution is -2.46. The lowest BCUT2D eigenvalue weighted by Gasteiger charge is -2.35. The summed E-state index contributed by atoms with van der Waals surface area (Å²) in [6, 6.07) is 20.4. The molecule has 2 heterocycles. The Morgan fingerprint density at radius 3 is 2.47 bits per heavy atom. The summed E-state index contributed by atoms with van der Waals surface area (Å²) in [4.78, 5) is 19.3. The van der Waals surface area contributed by atoms with Gasteiger partial charge in [-0.3, -0.25) is 4.90 Å². The van der Waals surface area contributed by atoms with Gasteiger partial charge in [-0.2, -0.15) is 4.98 Å². The number of amides is 2. The number of carbonyl (C=O) groups is 1. The Hall–Kier alpha value is -3.97. The number of benzene rings is 3. The molecule has 34 heavy (non-hydrogen) atoms. The highest BCUT2D eigenvalue weighted by atomic mass is 35.5. The zero-order valence-corrected chi connectivity index (χ0v) is 19.2. The molecule has 2 amide bonds. The van der Waals surface area contributed by atoms with E-state index in [0.717, 1.165) is 11.1 Å². The van der Waals surface area contributed by atoms with Crippen LogP contribution in [0.25, 0.3) is 17.0 Å². The molecule has 0 saturated carbocycles. The van der Waals surface area contributed by atoms with E-state index in [0.29, 0.717) is 33.4 Å². The summed E-state index contributed by atoms with van der Waals surface area (Å²) in [5.41, 5.74) is 3.85. The van der Waals surface area contributed by atoms with E-state index in [2.05, 4.69) is 15.5 Å². The van der Waals surface area contributed by atoms with Gasteiger partial charge in [-0.25, -0.2) is 9.18 Å². The Morgan fingerprint density at radius 2 is 1.76 bits per heavy atom. The van der Waals surface area contributed by atoms with Gasteiger partial charge < -0.3 is 9.84 Å². The number of aromatic nitrogens is 2. The summed E-state index contributed by atoms with van der Waals surface area (Å²) in [7, 11) is 0. The lowest BCUT2D eigenvalue weighted by molar-refractivity contribution is 0.244. The fourth-order valence-corrected chi connectivity index (χ4v) is 4.17. The van der Waals surface area contributed by atoms with Crippen LogP contribution < -0.4 is 10.2 Å². The largest absolute Gasteiger partial charge is 0.334 e. The van der Waals surface area contributed by atoms with Gasteiger partial charge in [-0.1, -0.05) is 47.1 Å². The second kappa shape index (κ2) is 8.76. The summed E-state index contributed by atoms with van der Waals surface area (Å²) in [6.07, 6.45) is 0. The van der Waals surface area contributed by atoms with Crippen molar-refractivity contribution in [3.63, 3.8) is 0 Å². The second-order valence-electron chi connectivity index (χ2n) is 7.99. The van der Waals surface area contributed by atoms with Crippen LogP contribution in [-0.4, -0.2) is 16.2 Å². The quantitative estimate of drug-likeness (QED) is 0.364. The Bertz CT molecular complexity index is 1400. The maximum atomic E-state index is 13.9. The van der Waals surface area contributed by atoms with Crippen molar-refractivity contribution in [2.45, 2.75) is 19.9 Å². The molecule has 8 heteroatoms. The SMILES string of the molecule is CC1=C(c2nc(-c3ccc(Cl)cc3)no2)C(c2ccccc2)NC(=O)N1c1ccc(F)c(C)c1. The van der Waals surface area contributed by atoms with E-state index in [1.165, 1.54) is 11.0 Å². The van der Waals surface area contributed by atoms with Gasteiger partial charge in [-0.15, -0.1) is 0 Å². The second-order valence-corrected chi connectivity index (χ2v) is 8.43. The number of allylic oxidation sites excluding steroid dienone is 1. The van der Waals surface area contributed by atoms with Crippen LogP contribution in [0.3, 0.4) is 0 Å². The van der Waals surface area contributed by atoms with Gasteiger partial charge in [0, 0.05) is 16.3 Å². The molecule has 1 N–H and O–H groups in total. The standard InChI is InChI=1S/C26H20ClFN4O2/c1-15-14-20(12-13-21(15)28)32-16(2)22(23(29-26(32)33)17-6-4-3-5-7-17)25-30-24(31-34-25)18-8-10-19(27)11-9-18/h3-14,23H,1-2H3,(H,29,33). The number of urea groups is 1. The average molecular weight is 475 g/mol. The summed E-state index contributed by atoms with van der Waals surface area (Å²) < 4.78 is 19.6. The van der Waals surface area contributed by atoms with Crippen LogP contribution in [-0.2, 0) is 0 Å². The third-order valence-electron chi connectivity index (χ3n) is 5.78. The summed E-state index contributed by atoms with van der Waals surface area (Å²) in [6.45, 7) is 3.47. The maximum Gasteiger partial charge on any atom is 0.326 e. The molecule has 0 spiro atoms. The molecule has 170 valence electrons. The topological polar surface area (TPSA) is 71.3 Å². The molecule has 1 aromatic heterocycles. The Kier molecular flexibility index (Phi) is 5.63. The van der Waals surface area contributed by atoms with Gasteiger partial charge in [0.1, 0.15) is 5.82 Å². The van der Waals surface area contributed by atoms with Crippen molar-refractivity contribution in [2.75, 3.05) is 4.90 Å². The molecule has 1 atom stereocenters. The molecule has 1 aliphatic heterocycles. The van der Waals surface area contributed by atoms with Crippen LogP contribution in [0.2, 0.25) is 5.02 Å². The zero-order valence-electron chi connectivity index (χ0n) is 18.4. The van der Waals surface area contributed by atoms with Crippen LogP contribution in [0.5, 0.6) is 0 Å². The Morgan fingerprint density at radius 1 is 1.03 bits per heavy atom. The van der Waals surface area contributed by atoms with Crippen LogP contribution in [0, 0.1) is 12.7 Å². The first kappa shape index (κ1) is 21.9. The van der Waals surface area contributed by atoms with E-state index in [-0.39, 0.29) is 17.7 Å². The average Bonchev–Trinajstić information content (AvgIpc) is 3.31. The minimum atomic E-state index is -0.509. The normalized spacial score (nSPS) is 16.1. The summed E-state index contributed by atoms with van der Waals surface area (Å²) in [5, 5.41) is 7.80. The third-order valence-corrected chi connectivity index (χ3v) is 6.03. The maximum absolute atomic E-state index is 13.9. The highest BCUT2D eigenvalue weighted by molar-refractivity contribution is 6.30. The Labute approximate surface area is 200 Å². The number of hydrogen-bond donors (Lipinski definition) is 1. The number of aryl methyl sites for hydroxylation is 1. The number of carbonyl (C=O) groups excluding carboxylic acids is 1. The van der Waals surface area contributed by atoms with Crippen molar-refractivity contribution in [3.8, 4) is 11.4 Å². The van der Waals surface area contributed by atoms with Crippen LogP contribution >= 0.6 is 11.6 Å². The first-order valence-corrected chi connectivity index (χ1v) is 11.0. The van der Waals surface area contributed by atoms with E-state index >= 15 is 0 Å². The number of halogens is 2. The fourth-order valence-electron chi connectivity index (χ4n) is 4.04. The molecule has 1 aliphatic rings. The molecular formula is C26H20ClFN4O2. The van der Waals surface area contributed by atoms with Gasteiger partial charge in [0.2, 0.25) is 5.82 Å². The third kappa shape index (κ3) is 3.95. The first-order valence-electron chi connectivity index (χ1n) is 10.6. The van der Waals surface area contributed by atoms with Crippen LogP contribution in [0.4, 0.5) is 14.9 Å². The predicted octanol–water partition coefficient (Wildman–Crippen LogP) is 6.54. The number of nitrogens with one attached hydrogen (secondary N) is 1. The molecule has 0 radical (unpaired) electrons. The number of nitrogens with zero attached hydrogens (tertiary/aromatic N) is 3. The fraction of sp³-hybridized carbons (Fsp3) is 0.115. The van der Waals surface area contributed by atoms with Gasteiger partial charge in [0.25, 0.3) is 5.89 Å². The van der Waals surface area contributed by atoms with Crippen molar-refractivity contribution in [1.82, 2.24) is 15.5 Å². The van der Waals surface area contributed by atoms with Gasteiger partial charge in [-0.05, 0) is 67.4 Å². The molecule has 4 aromatic rings. The molecular weight excluding hydrogens is 455 g/mol. The van der Waals surface area contributed by atoms with Crippen molar-refractivity contribution in [3.05, 3.63) is 106 Å². The van der Waals surface area contributed by atoms with E-state index < -0.39 is 6.04 Å². The monoisotopic (exact) mass is 474 g/mol. The smallest absolute Gasteiger partial charge is 0.326 e. The summed E-state index contributed by atoms with van der Waals surface area (Å²) >= 11 is 6.00. The van der Waals surface area contributed by atoms with Crippen molar-refractivity contribution >= 4 is 28.9 Å². The van der Waals surface area contributed by atoms with E-state index in [1.807, 2.05) is 49.4 Å². The minimum absolute atomic E-state index is 0.278. The van der Waals surface area contributed by atoms with E-state index in [4.69, 9.17) is 16.1 Å². The molecule has 5 rings (SSSR count). The van der Waals surface area contributed by atoms with Gasteiger partial charge in [0.05, 0.1) is 17.3 Å². The molecule has 0 fully saturated rings. The number of rotatable bonds is 4. The molecule has 0 saturated heterocycles. The molecule has 1 unspecified atom stereocenters. The van der Waals surface area contributed by atoms with Crippen molar-refractivity contribution in [2.24, 2.45) is 0 Å². The Balaban J connectivity index is 1.65. The lowest BCUT2D eigenvalue weighted by atomic mass is 9.94. The van der Waals surface area contributed by atoms with Crippen molar-refractivity contribution in [1.29, 1.82) is 0 Å². The van der Waals surface area contributed by atoms with Crippen molar-refractivity contribution < 1.29 is 13.7 Å². The van der Waals surface area contributed by atoms with Crippen LogP contribution in [0.15, 0.2) is 83.0 Å². The predicted molar refractivity (Wildman–Crippen MR) is 129 cm³/mol. The van der Waals surface area contributed by atoms with E-state index in [1.54, 1.807) is 31.2 Å².